The van der Waals surface area contributed by atoms with Gasteiger partial charge >= 0.3 is 5.97 Å². The van der Waals surface area contributed by atoms with E-state index in [1.807, 2.05) is 0 Å². The lowest BCUT2D eigenvalue weighted by Gasteiger charge is -2.45. The van der Waals surface area contributed by atoms with Crippen LogP contribution in [0.3, 0.4) is 0 Å². The van der Waals surface area contributed by atoms with Gasteiger partial charge in [-0.05, 0) is 54.8 Å². The number of carbonyl (C=O) groups excluding carboxylic acids is 1. The maximum Gasteiger partial charge on any atom is 0.330 e. The first-order valence-electron chi connectivity index (χ1n) is 14.5. The molecule has 254 valence electrons. The van der Waals surface area contributed by atoms with Crippen LogP contribution in [0.4, 0.5) is 0 Å². The third kappa shape index (κ3) is 8.44. The first-order chi connectivity index (χ1) is 21.9. The number of rotatable bonds is 12. The molecule has 0 aliphatic carbocycles. The zero-order valence-electron chi connectivity index (χ0n) is 25.4. The molecule has 0 bridgehead atoms. The molecule has 10 atom stereocenters. The predicted molar refractivity (Wildman–Crippen MR) is 157 cm³/mol. The average molecular weight is 653 g/mol. The van der Waals surface area contributed by atoms with E-state index >= 15 is 0 Å². The van der Waals surface area contributed by atoms with Crippen molar-refractivity contribution in [1.29, 1.82) is 0 Å². The molecule has 0 spiro atoms. The summed E-state index contributed by atoms with van der Waals surface area (Å²) < 4.78 is 38.1. The fraction of sp³-hybridized carbons (Fsp3) is 0.516. The topological polar surface area (TPSA) is 223 Å². The largest absolute Gasteiger partial charge is 0.504 e. The normalized spacial score (nSPS) is 31.5. The minimum atomic E-state index is -1.73. The van der Waals surface area contributed by atoms with Crippen LogP contribution >= 0.6 is 0 Å². The Balaban J connectivity index is 1.44. The lowest BCUT2D eigenvalue weighted by atomic mass is 9.97. The smallest absolute Gasteiger partial charge is 0.330 e. The van der Waals surface area contributed by atoms with E-state index in [2.05, 4.69) is 0 Å². The first-order valence-corrected chi connectivity index (χ1v) is 14.5. The molecule has 0 radical (unpaired) electrons. The van der Waals surface area contributed by atoms with Crippen molar-refractivity contribution >= 4 is 12.0 Å². The SMILES string of the molecule is COc1ccc(C=CC(=O)OC[C@H]2O[C@@H](OCCc3ccc(O)c(OC)c3)[C@H](O)[C@@H](O[C@@H]3O[C@@H](C)[C@H](O)[C@@H](O)[C@H]3O)[C@@H]2O)cc1O. The second-order valence-corrected chi connectivity index (χ2v) is 10.8. The van der Waals surface area contributed by atoms with Gasteiger partial charge in [-0.25, -0.2) is 4.79 Å². The van der Waals surface area contributed by atoms with Gasteiger partial charge in [0.25, 0.3) is 0 Å². The van der Waals surface area contributed by atoms with Gasteiger partial charge in [0, 0.05) is 6.08 Å². The van der Waals surface area contributed by atoms with E-state index in [9.17, 15) is 40.5 Å². The van der Waals surface area contributed by atoms with Gasteiger partial charge in [0.2, 0.25) is 0 Å². The zero-order chi connectivity index (χ0) is 33.5. The van der Waals surface area contributed by atoms with Crippen LogP contribution in [0.25, 0.3) is 6.08 Å². The second kappa shape index (κ2) is 15.9. The van der Waals surface area contributed by atoms with Crippen molar-refractivity contribution in [3.8, 4) is 23.0 Å². The number of hydrogen-bond acceptors (Lipinski definition) is 15. The molecule has 0 amide bonds. The summed E-state index contributed by atoms with van der Waals surface area (Å²) in [6.45, 7) is 0.929. The predicted octanol–water partition coefficient (Wildman–Crippen LogP) is -0.410. The van der Waals surface area contributed by atoms with E-state index in [0.29, 0.717) is 12.0 Å². The van der Waals surface area contributed by atoms with E-state index < -0.39 is 74.0 Å². The summed E-state index contributed by atoms with van der Waals surface area (Å²) in [4.78, 5) is 12.5. The van der Waals surface area contributed by atoms with E-state index in [0.717, 1.165) is 11.6 Å². The molecule has 7 N–H and O–H groups in total. The highest BCUT2D eigenvalue weighted by atomic mass is 16.7. The highest BCUT2D eigenvalue weighted by Crippen LogP contribution is 2.31. The van der Waals surface area contributed by atoms with Crippen LogP contribution < -0.4 is 9.47 Å². The van der Waals surface area contributed by atoms with Gasteiger partial charge in [-0.15, -0.1) is 0 Å². The summed E-state index contributed by atoms with van der Waals surface area (Å²) in [5, 5.41) is 72.7. The van der Waals surface area contributed by atoms with Crippen molar-refractivity contribution in [2.45, 2.75) is 74.8 Å². The van der Waals surface area contributed by atoms with Crippen LogP contribution in [0.1, 0.15) is 18.1 Å². The van der Waals surface area contributed by atoms with Crippen LogP contribution in [-0.2, 0) is 34.9 Å². The molecule has 15 nitrogen and oxygen atoms in total. The second-order valence-electron chi connectivity index (χ2n) is 10.8. The summed E-state index contributed by atoms with van der Waals surface area (Å²) >= 11 is 0. The number of carbonyl (C=O) groups is 1. The van der Waals surface area contributed by atoms with Gasteiger partial charge < -0.3 is 68.9 Å². The molecule has 0 saturated carbocycles. The lowest BCUT2D eigenvalue weighted by Crippen LogP contribution is -2.64. The molecule has 4 rings (SSSR count). The molecule has 2 aliphatic heterocycles. The summed E-state index contributed by atoms with van der Waals surface area (Å²) in [6, 6.07) is 9.23. The Bertz CT molecular complexity index is 1340. The number of esters is 1. The summed E-state index contributed by atoms with van der Waals surface area (Å²) in [5.74, 6) is -0.463. The van der Waals surface area contributed by atoms with Crippen LogP contribution in [0.5, 0.6) is 23.0 Å². The van der Waals surface area contributed by atoms with Gasteiger partial charge in [0.15, 0.2) is 35.6 Å². The van der Waals surface area contributed by atoms with Crippen molar-refractivity contribution < 1.29 is 73.7 Å². The van der Waals surface area contributed by atoms with Crippen LogP contribution in [0.2, 0.25) is 0 Å². The fourth-order valence-corrected chi connectivity index (χ4v) is 4.98. The van der Waals surface area contributed by atoms with E-state index in [1.54, 1.807) is 18.2 Å². The third-order valence-corrected chi connectivity index (χ3v) is 7.66. The number of aliphatic hydroxyl groups excluding tert-OH is 5. The Morgan fingerprint density at radius 3 is 2.26 bits per heavy atom. The van der Waals surface area contributed by atoms with Gasteiger partial charge in [-0.1, -0.05) is 12.1 Å². The number of phenolic OH excluding ortho intramolecular Hbond substituents is 2. The first kappa shape index (κ1) is 35.3. The highest BCUT2D eigenvalue weighted by Gasteiger charge is 2.50. The Morgan fingerprint density at radius 1 is 0.826 bits per heavy atom. The molecule has 2 saturated heterocycles. The number of aromatic hydroxyl groups is 2. The Labute approximate surface area is 264 Å². The number of hydrogen-bond donors (Lipinski definition) is 7. The van der Waals surface area contributed by atoms with Gasteiger partial charge in [0.1, 0.15) is 49.3 Å². The molecule has 2 aromatic carbocycles. The maximum absolute atomic E-state index is 12.5. The number of aliphatic hydroxyl groups is 5. The molecule has 2 fully saturated rings. The molecular weight excluding hydrogens is 612 g/mol. The molecule has 46 heavy (non-hydrogen) atoms. The molecule has 2 aromatic rings. The standard InChI is InChI=1S/C31H40O15/c1-15-24(35)26(37)27(38)31(44-15)46-29-25(36)22(14-43-23(34)9-6-16-5-8-20(40-2)19(33)12-16)45-30(28(29)39)42-11-10-17-4-7-18(32)21(13-17)41-3/h4-9,12-13,15,22,24-33,35-39H,10-11,14H2,1-3H3/t15-,22+,24-,25+,26+,27+,28+,29-,30+,31-/m0/s1. The fourth-order valence-electron chi connectivity index (χ4n) is 4.98. The lowest BCUT2D eigenvalue weighted by molar-refractivity contribution is -0.357. The molecule has 0 unspecified atom stereocenters. The van der Waals surface area contributed by atoms with Crippen molar-refractivity contribution in [2.24, 2.45) is 0 Å². The van der Waals surface area contributed by atoms with Crippen LogP contribution in [0.15, 0.2) is 42.5 Å². The molecule has 15 heteroatoms. The summed E-state index contributed by atoms with van der Waals surface area (Å²) in [6.07, 6.45) is -12.0. The Kier molecular flexibility index (Phi) is 12.2. The number of phenols is 2. The quantitative estimate of drug-likeness (QED) is 0.114. The summed E-state index contributed by atoms with van der Waals surface area (Å²) in [5.41, 5.74) is 1.21. The molecular formula is C31H40O15. The van der Waals surface area contributed by atoms with Gasteiger partial charge in [0.05, 0.1) is 26.9 Å². The highest BCUT2D eigenvalue weighted by molar-refractivity contribution is 5.87. The minimum Gasteiger partial charge on any atom is -0.504 e. The molecule has 0 aromatic heterocycles. The monoisotopic (exact) mass is 652 g/mol. The van der Waals surface area contributed by atoms with Crippen molar-refractivity contribution in [2.75, 3.05) is 27.4 Å². The van der Waals surface area contributed by atoms with Crippen LogP contribution in [-0.4, -0.2) is 131 Å². The minimum absolute atomic E-state index is 0.00703. The van der Waals surface area contributed by atoms with Crippen LogP contribution in [0, 0.1) is 0 Å². The third-order valence-electron chi connectivity index (χ3n) is 7.66. The van der Waals surface area contributed by atoms with E-state index in [4.69, 9.17) is 33.2 Å². The Morgan fingerprint density at radius 2 is 1.57 bits per heavy atom. The zero-order valence-corrected chi connectivity index (χ0v) is 25.4. The number of methoxy groups -OCH3 is 2. The molecule has 2 aliphatic rings. The van der Waals surface area contributed by atoms with Crippen molar-refractivity contribution in [3.05, 3.63) is 53.6 Å². The Hall–Kier alpha value is -3.51. The van der Waals surface area contributed by atoms with Crippen molar-refractivity contribution in [1.82, 2.24) is 0 Å². The molecule has 2 heterocycles. The van der Waals surface area contributed by atoms with Gasteiger partial charge in [-0.2, -0.15) is 0 Å². The number of benzene rings is 2. The number of ether oxygens (including phenoxy) is 7. The van der Waals surface area contributed by atoms with E-state index in [1.165, 1.54) is 45.4 Å². The average Bonchev–Trinajstić information content (AvgIpc) is 3.04. The summed E-state index contributed by atoms with van der Waals surface area (Å²) in [7, 11) is 2.81. The maximum atomic E-state index is 12.5. The van der Waals surface area contributed by atoms with Gasteiger partial charge in [-0.3, -0.25) is 0 Å². The van der Waals surface area contributed by atoms with Crippen molar-refractivity contribution in [3.63, 3.8) is 0 Å². The van der Waals surface area contributed by atoms with E-state index in [-0.39, 0.29) is 29.6 Å².